The monoisotopic (exact) mass is 412 g/mol. The van der Waals surface area contributed by atoms with E-state index in [0.717, 1.165) is 11.1 Å². The highest BCUT2D eigenvalue weighted by atomic mass is 19.1. The number of ether oxygens (including phenoxy) is 1. The molecule has 2 N–H and O–H groups in total. The van der Waals surface area contributed by atoms with E-state index in [1.807, 2.05) is 23.6 Å². The van der Waals surface area contributed by atoms with Gasteiger partial charge in [0.05, 0.1) is 24.3 Å². The number of benzene rings is 1. The van der Waals surface area contributed by atoms with Crippen LogP contribution in [0.1, 0.15) is 29.8 Å². The Morgan fingerprint density at radius 2 is 2.10 bits per heavy atom. The summed E-state index contributed by atoms with van der Waals surface area (Å²) in [5.41, 5.74) is 10.6. The van der Waals surface area contributed by atoms with E-state index in [0.29, 0.717) is 34.8 Å². The minimum absolute atomic E-state index is 0.203. The zero-order valence-corrected chi connectivity index (χ0v) is 16.6. The standard InChI is InChI=1S/C23H17FN6O/c1-13-18-8-16(24)4-5-17(18)21-14(3-2-6-27-21)11-30-12-29-19(9-25)22(30)15-7-20(31-13)23(26)28-10-15/h2-8,10,12-13H,11H2,1H3,(H2,26,28)/t13-/m1/s1. The SMILES string of the molecule is C[C@H]1Oc2cc(cnc2N)-c2c(C#N)ncn2Cc2cccnc2-c2ccc(F)cc21. The maximum Gasteiger partial charge on any atom is 0.166 e. The molecule has 1 atom stereocenters. The van der Waals surface area contributed by atoms with Crippen molar-refractivity contribution in [2.75, 3.05) is 5.73 Å². The van der Waals surface area contributed by atoms with Gasteiger partial charge in [-0.2, -0.15) is 5.26 Å². The van der Waals surface area contributed by atoms with Gasteiger partial charge >= 0.3 is 0 Å². The van der Waals surface area contributed by atoms with Crippen LogP contribution in [0.25, 0.3) is 22.5 Å². The first-order valence-electron chi connectivity index (χ1n) is 9.66. The summed E-state index contributed by atoms with van der Waals surface area (Å²) >= 11 is 0. The second-order valence-electron chi connectivity index (χ2n) is 7.29. The lowest BCUT2D eigenvalue weighted by Gasteiger charge is -2.22. The molecule has 0 unspecified atom stereocenters. The zero-order chi connectivity index (χ0) is 21.5. The molecule has 0 spiro atoms. The van der Waals surface area contributed by atoms with E-state index in [9.17, 15) is 9.65 Å². The summed E-state index contributed by atoms with van der Waals surface area (Å²) in [5.74, 6) is 0.182. The Morgan fingerprint density at radius 3 is 2.94 bits per heavy atom. The van der Waals surface area contributed by atoms with Crippen LogP contribution in [-0.2, 0) is 6.54 Å². The number of fused-ring (bicyclic) bond motifs is 7. The van der Waals surface area contributed by atoms with Crippen LogP contribution in [0.15, 0.2) is 55.1 Å². The highest BCUT2D eigenvalue weighted by Gasteiger charge is 2.23. The first-order chi connectivity index (χ1) is 15.0. The highest BCUT2D eigenvalue weighted by Crippen LogP contribution is 2.37. The summed E-state index contributed by atoms with van der Waals surface area (Å²) in [4.78, 5) is 13.1. The quantitative estimate of drug-likeness (QED) is 0.466. The Morgan fingerprint density at radius 1 is 1.23 bits per heavy atom. The van der Waals surface area contributed by atoms with Crippen molar-refractivity contribution in [3.63, 3.8) is 0 Å². The third-order valence-corrected chi connectivity index (χ3v) is 5.34. The fraction of sp³-hybridized carbons (Fsp3) is 0.130. The van der Waals surface area contributed by atoms with Crippen molar-refractivity contribution in [2.45, 2.75) is 19.6 Å². The summed E-state index contributed by atoms with van der Waals surface area (Å²) in [6.07, 6.45) is 4.37. The van der Waals surface area contributed by atoms with Gasteiger partial charge in [-0.1, -0.05) is 6.07 Å². The number of nitrogens with zero attached hydrogens (tertiary/aromatic N) is 5. The third kappa shape index (κ3) is 3.16. The molecule has 0 aliphatic carbocycles. The molecule has 0 saturated heterocycles. The molecule has 152 valence electrons. The Labute approximate surface area is 177 Å². The Bertz CT molecular complexity index is 1360. The summed E-state index contributed by atoms with van der Waals surface area (Å²) in [5, 5.41) is 9.60. The zero-order valence-electron chi connectivity index (χ0n) is 16.6. The Balaban J connectivity index is 1.83. The van der Waals surface area contributed by atoms with Crippen molar-refractivity contribution in [1.82, 2.24) is 19.5 Å². The van der Waals surface area contributed by atoms with Crippen molar-refractivity contribution in [3.05, 3.63) is 77.8 Å². The van der Waals surface area contributed by atoms with Gasteiger partial charge in [0.15, 0.2) is 17.3 Å². The fourth-order valence-corrected chi connectivity index (χ4v) is 3.90. The number of aromatic nitrogens is 4. The number of nitrogens with two attached hydrogens (primary N) is 1. The summed E-state index contributed by atoms with van der Waals surface area (Å²) in [6, 6.07) is 12.2. The van der Waals surface area contributed by atoms with Gasteiger partial charge in [0.1, 0.15) is 18.0 Å². The molecule has 1 aromatic carbocycles. The molecule has 7 nitrogen and oxygen atoms in total. The van der Waals surface area contributed by atoms with Gasteiger partial charge in [-0.15, -0.1) is 0 Å². The van der Waals surface area contributed by atoms with E-state index >= 15 is 0 Å². The summed E-state index contributed by atoms with van der Waals surface area (Å²) < 4.78 is 22.2. The molecule has 8 heteroatoms. The second kappa shape index (κ2) is 7.22. The molecule has 4 heterocycles. The predicted molar refractivity (Wildman–Crippen MR) is 112 cm³/mol. The number of imidazole rings is 1. The van der Waals surface area contributed by atoms with Crippen molar-refractivity contribution in [1.29, 1.82) is 5.26 Å². The number of hydrogen-bond acceptors (Lipinski definition) is 6. The maximum absolute atomic E-state index is 14.2. The lowest BCUT2D eigenvalue weighted by molar-refractivity contribution is 0.227. The minimum atomic E-state index is -0.528. The molecule has 1 aliphatic heterocycles. The molecule has 0 saturated carbocycles. The molecule has 0 radical (unpaired) electrons. The van der Waals surface area contributed by atoms with Crippen LogP contribution in [0.5, 0.6) is 5.75 Å². The highest BCUT2D eigenvalue weighted by molar-refractivity contribution is 5.71. The average Bonchev–Trinajstić information content (AvgIpc) is 3.17. The van der Waals surface area contributed by atoms with Gasteiger partial charge in [-0.3, -0.25) is 4.98 Å². The van der Waals surface area contributed by atoms with Crippen LogP contribution >= 0.6 is 0 Å². The van der Waals surface area contributed by atoms with Crippen molar-refractivity contribution >= 4 is 5.82 Å². The first kappa shape index (κ1) is 18.8. The van der Waals surface area contributed by atoms with Crippen molar-refractivity contribution in [3.8, 4) is 34.3 Å². The lowest BCUT2D eigenvalue weighted by atomic mass is 9.96. The largest absolute Gasteiger partial charge is 0.482 e. The fourth-order valence-electron chi connectivity index (χ4n) is 3.90. The van der Waals surface area contributed by atoms with E-state index in [1.54, 1.807) is 30.9 Å². The number of hydrogen-bond donors (Lipinski definition) is 1. The van der Waals surface area contributed by atoms with Gasteiger partial charge in [-0.25, -0.2) is 14.4 Å². The van der Waals surface area contributed by atoms with Gasteiger partial charge in [0, 0.05) is 29.1 Å². The molecule has 0 fully saturated rings. The predicted octanol–water partition coefficient (Wildman–Crippen LogP) is 4.10. The van der Waals surface area contributed by atoms with E-state index in [4.69, 9.17) is 10.5 Å². The molecular formula is C23H17FN6O. The van der Waals surface area contributed by atoms with E-state index in [1.165, 1.54) is 12.1 Å². The van der Waals surface area contributed by atoms with Crippen LogP contribution in [-0.4, -0.2) is 19.5 Å². The number of pyridine rings is 2. The van der Waals surface area contributed by atoms with Gasteiger partial charge in [0.25, 0.3) is 0 Å². The minimum Gasteiger partial charge on any atom is -0.482 e. The van der Waals surface area contributed by atoms with E-state index < -0.39 is 6.10 Å². The third-order valence-electron chi connectivity index (χ3n) is 5.34. The first-order valence-corrected chi connectivity index (χ1v) is 9.66. The Hall–Kier alpha value is -4.25. The van der Waals surface area contributed by atoms with Gasteiger partial charge in [-0.05, 0) is 42.8 Å². The molecule has 4 aromatic rings. The molecular weight excluding hydrogens is 395 g/mol. The van der Waals surface area contributed by atoms with Gasteiger partial charge < -0.3 is 15.0 Å². The van der Waals surface area contributed by atoms with Crippen LogP contribution in [0.3, 0.4) is 0 Å². The molecule has 1 aliphatic rings. The number of rotatable bonds is 0. The molecule has 0 amide bonds. The van der Waals surface area contributed by atoms with Gasteiger partial charge in [0.2, 0.25) is 0 Å². The molecule has 5 rings (SSSR count). The molecule has 3 aromatic heterocycles. The normalized spacial score (nSPS) is 14.7. The number of nitrogen functional groups attached to an aromatic ring is 1. The lowest BCUT2D eigenvalue weighted by Crippen LogP contribution is -2.11. The molecule has 2 bridgehead atoms. The van der Waals surface area contributed by atoms with Crippen LogP contribution in [0.4, 0.5) is 10.2 Å². The van der Waals surface area contributed by atoms with E-state index in [2.05, 4.69) is 21.0 Å². The smallest absolute Gasteiger partial charge is 0.166 e. The second-order valence-corrected chi connectivity index (χ2v) is 7.29. The number of anilines is 1. The van der Waals surface area contributed by atoms with Crippen molar-refractivity contribution < 1.29 is 9.13 Å². The van der Waals surface area contributed by atoms with Crippen LogP contribution in [0.2, 0.25) is 0 Å². The molecule has 31 heavy (non-hydrogen) atoms. The topological polar surface area (TPSA) is 103 Å². The number of halogens is 1. The van der Waals surface area contributed by atoms with Crippen molar-refractivity contribution in [2.24, 2.45) is 0 Å². The average molecular weight is 412 g/mol. The Kier molecular flexibility index (Phi) is 4.37. The van der Waals surface area contributed by atoms with Crippen LogP contribution in [0, 0.1) is 17.1 Å². The summed E-state index contributed by atoms with van der Waals surface area (Å²) in [7, 11) is 0. The maximum atomic E-state index is 14.2. The number of nitriles is 1. The van der Waals surface area contributed by atoms with Crippen LogP contribution < -0.4 is 10.5 Å². The van der Waals surface area contributed by atoms with E-state index in [-0.39, 0.29) is 17.3 Å². The summed E-state index contributed by atoms with van der Waals surface area (Å²) in [6.45, 7) is 2.24.